The molecule has 164 valence electrons. The van der Waals surface area contributed by atoms with Crippen LogP contribution in [0, 0.1) is 11.8 Å². The molecule has 0 aliphatic carbocycles. The van der Waals surface area contributed by atoms with Crippen LogP contribution in [0.2, 0.25) is 0 Å². The number of allylic oxidation sites excluding steroid dienone is 2. The second kappa shape index (κ2) is 10.7. The molecule has 2 N–H and O–H groups in total. The van der Waals surface area contributed by atoms with Crippen molar-refractivity contribution in [2.24, 2.45) is 22.6 Å². The van der Waals surface area contributed by atoms with Crippen LogP contribution in [0.25, 0.3) is 0 Å². The largest absolute Gasteiger partial charge is 0.444 e. The minimum absolute atomic E-state index is 0.0547. The summed E-state index contributed by atoms with van der Waals surface area (Å²) < 4.78 is 5.65. The smallest absolute Gasteiger partial charge is 0.410 e. The van der Waals surface area contributed by atoms with Gasteiger partial charge in [0.15, 0.2) is 0 Å². The number of carbonyl (C=O) groups is 1. The molecule has 0 aromatic heterocycles. The molecule has 0 saturated carbocycles. The Bertz CT molecular complexity index is 689. The van der Waals surface area contributed by atoms with Gasteiger partial charge in [0.1, 0.15) is 5.60 Å². The number of hydrogen-bond acceptors (Lipinski definition) is 4. The van der Waals surface area contributed by atoms with E-state index in [4.69, 9.17) is 15.5 Å². The van der Waals surface area contributed by atoms with Crippen LogP contribution in [0.4, 0.5) is 4.79 Å². The second-order valence-electron chi connectivity index (χ2n) is 9.41. The average molecular weight is 404 g/mol. The minimum Gasteiger partial charge on any atom is -0.444 e. The molecule has 5 nitrogen and oxygen atoms in total. The Morgan fingerprint density at radius 1 is 1.24 bits per heavy atom. The van der Waals surface area contributed by atoms with E-state index in [2.05, 4.69) is 26.8 Å². The van der Waals surface area contributed by atoms with E-state index in [1.807, 2.05) is 52.6 Å². The molecule has 1 fully saturated rings. The summed E-state index contributed by atoms with van der Waals surface area (Å²) in [6.45, 7) is 19.0. The molecule has 1 heterocycles. The van der Waals surface area contributed by atoms with Crippen LogP contribution in [0.1, 0.15) is 75.2 Å². The molecule has 1 unspecified atom stereocenters. The fourth-order valence-electron chi connectivity index (χ4n) is 3.43. The summed E-state index contributed by atoms with van der Waals surface area (Å²) in [5.74, 6) is 0.643. The number of aliphatic imine (C=N–C) groups is 1. The number of carbonyl (C=O) groups excluding carboxylic acids is 1. The maximum absolute atomic E-state index is 12.8. The van der Waals surface area contributed by atoms with Crippen LogP contribution in [0.3, 0.4) is 0 Å². The molecule has 0 aromatic carbocycles. The van der Waals surface area contributed by atoms with Gasteiger partial charge in [-0.2, -0.15) is 0 Å². The number of likely N-dealkylation sites (tertiary alicyclic amines) is 1. The van der Waals surface area contributed by atoms with Gasteiger partial charge in [0, 0.05) is 30.4 Å². The number of ether oxygens (including phenoxy) is 1. The average Bonchev–Trinajstić information content (AvgIpc) is 3.08. The van der Waals surface area contributed by atoms with Crippen molar-refractivity contribution in [2.75, 3.05) is 6.54 Å². The van der Waals surface area contributed by atoms with E-state index < -0.39 is 5.60 Å². The number of rotatable bonds is 6. The van der Waals surface area contributed by atoms with Gasteiger partial charge < -0.3 is 15.4 Å². The highest BCUT2D eigenvalue weighted by atomic mass is 16.6. The second-order valence-corrected chi connectivity index (χ2v) is 9.41. The summed E-state index contributed by atoms with van der Waals surface area (Å²) in [7, 11) is 0. The summed E-state index contributed by atoms with van der Waals surface area (Å²) in [6.07, 6.45) is 7.18. The van der Waals surface area contributed by atoms with Crippen molar-refractivity contribution in [3.63, 3.8) is 0 Å². The van der Waals surface area contributed by atoms with Crippen molar-refractivity contribution < 1.29 is 9.53 Å². The number of nitrogens with zero attached hydrogens (tertiary/aromatic N) is 2. The zero-order chi connectivity index (χ0) is 22.4. The van der Waals surface area contributed by atoms with Crippen molar-refractivity contribution in [1.29, 1.82) is 0 Å². The normalized spacial score (nSPS) is 20.1. The van der Waals surface area contributed by atoms with E-state index in [9.17, 15) is 4.79 Å². The Hall–Kier alpha value is -2.04. The van der Waals surface area contributed by atoms with Gasteiger partial charge in [-0.25, -0.2) is 4.79 Å². The van der Waals surface area contributed by atoms with Crippen LogP contribution in [-0.4, -0.2) is 34.9 Å². The molecule has 1 amide bonds. The van der Waals surface area contributed by atoms with Gasteiger partial charge in [-0.1, -0.05) is 32.4 Å². The third kappa shape index (κ3) is 7.06. The van der Waals surface area contributed by atoms with Gasteiger partial charge in [0.25, 0.3) is 0 Å². The molecule has 5 heteroatoms. The van der Waals surface area contributed by atoms with Crippen molar-refractivity contribution in [3.8, 4) is 0 Å². The molecule has 29 heavy (non-hydrogen) atoms. The first-order valence-electron chi connectivity index (χ1n) is 10.7. The topological polar surface area (TPSA) is 67.9 Å². The SMILES string of the molecule is C/C=C(\C(=CN)C(=NC=C(C)C)[C@H](C)C(C)C)C1CCCN1C(=O)OC(C)(C)C. The zero-order valence-electron chi connectivity index (χ0n) is 19.9. The summed E-state index contributed by atoms with van der Waals surface area (Å²) in [5, 5.41) is 0. The Labute approximate surface area is 177 Å². The predicted octanol–water partition coefficient (Wildman–Crippen LogP) is 5.83. The Kier molecular flexibility index (Phi) is 9.18. The number of nitrogens with two attached hydrogens (primary N) is 1. The first kappa shape index (κ1) is 25.0. The highest BCUT2D eigenvalue weighted by Gasteiger charge is 2.36. The highest BCUT2D eigenvalue weighted by molar-refractivity contribution is 6.06. The van der Waals surface area contributed by atoms with Gasteiger partial charge in [0.05, 0.1) is 11.8 Å². The van der Waals surface area contributed by atoms with Crippen LogP contribution >= 0.6 is 0 Å². The van der Waals surface area contributed by atoms with Gasteiger partial charge >= 0.3 is 6.09 Å². The van der Waals surface area contributed by atoms with E-state index in [1.54, 1.807) is 6.20 Å². The Morgan fingerprint density at radius 3 is 2.31 bits per heavy atom. The Balaban J connectivity index is 3.34. The lowest BCUT2D eigenvalue weighted by Gasteiger charge is -2.32. The van der Waals surface area contributed by atoms with Crippen molar-refractivity contribution in [2.45, 2.75) is 86.8 Å². The molecular weight excluding hydrogens is 362 g/mol. The first-order valence-corrected chi connectivity index (χ1v) is 10.7. The quantitative estimate of drug-likeness (QED) is 0.448. The molecule has 1 rings (SSSR count). The predicted molar refractivity (Wildman–Crippen MR) is 123 cm³/mol. The van der Waals surface area contributed by atoms with E-state index >= 15 is 0 Å². The lowest BCUT2D eigenvalue weighted by Crippen LogP contribution is -2.41. The van der Waals surface area contributed by atoms with E-state index in [-0.39, 0.29) is 18.1 Å². The molecule has 0 bridgehead atoms. The van der Waals surface area contributed by atoms with Gasteiger partial charge in [0.2, 0.25) is 0 Å². The van der Waals surface area contributed by atoms with E-state index in [0.29, 0.717) is 12.5 Å². The summed E-state index contributed by atoms with van der Waals surface area (Å²) in [5.41, 5.74) is 9.69. The van der Waals surface area contributed by atoms with Gasteiger partial charge in [-0.3, -0.25) is 4.99 Å². The van der Waals surface area contributed by atoms with Crippen molar-refractivity contribution in [3.05, 3.63) is 35.2 Å². The standard InChI is InChI=1S/C24H41N3O2/c1-10-19(21-12-11-13-27(21)23(28)29-24(7,8)9)20(14-25)22(18(6)17(4)5)26-15-16(2)3/h10,14-15,17-18,21H,11-13,25H2,1-9H3/b19-10+,20-14?,26-22?/t18-,21?/m1/s1. The highest BCUT2D eigenvalue weighted by Crippen LogP contribution is 2.32. The van der Waals surface area contributed by atoms with E-state index in [0.717, 1.165) is 35.3 Å². The van der Waals surface area contributed by atoms with Crippen LogP contribution in [0.5, 0.6) is 0 Å². The van der Waals surface area contributed by atoms with Gasteiger partial charge in [-0.15, -0.1) is 0 Å². The lowest BCUT2D eigenvalue weighted by molar-refractivity contribution is 0.0250. The van der Waals surface area contributed by atoms with Crippen molar-refractivity contribution >= 4 is 11.8 Å². The Morgan fingerprint density at radius 2 is 1.86 bits per heavy atom. The molecule has 1 aliphatic heterocycles. The first-order chi connectivity index (χ1) is 13.4. The summed E-state index contributed by atoms with van der Waals surface area (Å²) in [4.78, 5) is 19.5. The summed E-state index contributed by atoms with van der Waals surface area (Å²) >= 11 is 0. The molecular formula is C24H41N3O2. The number of amides is 1. The van der Waals surface area contributed by atoms with Crippen molar-refractivity contribution in [1.82, 2.24) is 4.90 Å². The molecule has 0 spiro atoms. The maximum Gasteiger partial charge on any atom is 0.410 e. The molecule has 0 radical (unpaired) electrons. The minimum atomic E-state index is -0.519. The lowest BCUT2D eigenvalue weighted by atomic mass is 9.83. The molecule has 1 saturated heterocycles. The molecule has 1 aliphatic rings. The van der Waals surface area contributed by atoms with Crippen LogP contribution in [0.15, 0.2) is 40.2 Å². The monoisotopic (exact) mass is 403 g/mol. The summed E-state index contributed by atoms with van der Waals surface area (Å²) in [6, 6.07) is -0.0547. The molecule has 2 atom stereocenters. The van der Waals surface area contributed by atoms with E-state index in [1.165, 1.54) is 0 Å². The zero-order valence-corrected chi connectivity index (χ0v) is 19.9. The number of hydrogen-bond donors (Lipinski definition) is 1. The maximum atomic E-state index is 12.8. The van der Waals surface area contributed by atoms with Crippen LogP contribution < -0.4 is 5.73 Å². The molecule has 0 aromatic rings. The third-order valence-corrected chi connectivity index (χ3v) is 5.20. The van der Waals surface area contributed by atoms with Gasteiger partial charge in [-0.05, 0) is 65.9 Å². The van der Waals surface area contributed by atoms with Crippen LogP contribution in [-0.2, 0) is 4.74 Å². The fourth-order valence-corrected chi connectivity index (χ4v) is 3.43. The third-order valence-electron chi connectivity index (χ3n) is 5.20. The fraction of sp³-hybridized carbons (Fsp3) is 0.667.